The predicted octanol–water partition coefficient (Wildman–Crippen LogP) is 2.07. The monoisotopic (exact) mass is 392 g/mol. The molecule has 0 saturated carbocycles. The summed E-state index contributed by atoms with van der Waals surface area (Å²) in [5, 5.41) is 7.89. The van der Waals surface area contributed by atoms with Crippen molar-refractivity contribution in [3.63, 3.8) is 0 Å². The van der Waals surface area contributed by atoms with Gasteiger partial charge in [-0.25, -0.2) is 14.6 Å². The first kappa shape index (κ1) is 21.3. The van der Waals surface area contributed by atoms with Crippen molar-refractivity contribution in [2.45, 2.75) is 53.0 Å². The van der Waals surface area contributed by atoms with Crippen molar-refractivity contribution in [1.82, 2.24) is 30.0 Å². The number of piperidine rings is 1. The Morgan fingerprint density at radius 3 is 2.52 bits per heavy atom. The van der Waals surface area contributed by atoms with Crippen molar-refractivity contribution < 1.29 is 4.79 Å². The van der Waals surface area contributed by atoms with E-state index >= 15 is 0 Å². The number of hydrogen-bond donors (Lipinski definition) is 1. The molecule has 1 fully saturated rings. The molecule has 1 aliphatic rings. The number of nitrogens with one attached hydrogen (secondary N) is 1. The fraction of sp³-hybridized carbons (Fsp3) is 0.579. The number of likely N-dealkylation sites (N-methyl/N-ethyl adjacent to an activating group) is 1. The standard InChI is InChI=1S/C19H28N6O.ClH/c1-12-9-13(2)22-19(21-12)25-15(4)17(14(3)23-25)10-18(26)24-8-6-7-16(11-24)20-5;/h9,16,20H,6-8,10-11H2,1-5H3;1H. The molecule has 2 aromatic heterocycles. The summed E-state index contributed by atoms with van der Waals surface area (Å²) < 4.78 is 1.75. The SMILES string of the molecule is CNC1CCCN(C(=O)Cc2c(C)nn(-c3nc(C)cc(C)n3)c2C)C1.Cl. The van der Waals surface area contributed by atoms with Gasteiger partial charge in [-0.1, -0.05) is 0 Å². The Labute approximate surface area is 167 Å². The van der Waals surface area contributed by atoms with Crippen LogP contribution < -0.4 is 5.32 Å². The van der Waals surface area contributed by atoms with Crippen molar-refractivity contribution in [1.29, 1.82) is 0 Å². The maximum atomic E-state index is 12.8. The van der Waals surface area contributed by atoms with E-state index in [9.17, 15) is 4.79 Å². The molecule has 148 valence electrons. The topological polar surface area (TPSA) is 75.9 Å². The van der Waals surface area contributed by atoms with E-state index in [2.05, 4.69) is 20.4 Å². The summed E-state index contributed by atoms with van der Waals surface area (Å²) >= 11 is 0. The van der Waals surface area contributed by atoms with Crippen LogP contribution in [0.2, 0.25) is 0 Å². The second-order valence-corrected chi connectivity index (χ2v) is 7.16. The van der Waals surface area contributed by atoms with Crippen molar-refractivity contribution in [3.8, 4) is 5.95 Å². The van der Waals surface area contributed by atoms with E-state index in [4.69, 9.17) is 0 Å². The number of hydrogen-bond acceptors (Lipinski definition) is 5. The summed E-state index contributed by atoms with van der Waals surface area (Å²) in [5.74, 6) is 0.729. The highest BCUT2D eigenvalue weighted by Crippen LogP contribution is 2.19. The van der Waals surface area contributed by atoms with Crippen molar-refractivity contribution >= 4 is 18.3 Å². The third kappa shape index (κ3) is 4.65. The quantitative estimate of drug-likeness (QED) is 0.861. The van der Waals surface area contributed by atoms with Gasteiger partial charge >= 0.3 is 0 Å². The predicted molar refractivity (Wildman–Crippen MR) is 108 cm³/mol. The first-order valence-electron chi connectivity index (χ1n) is 9.22. The first-order chi connectivity index (χ1) is 12.4. The maximum absolute atomic E-state index is 12.8. The van der Waals surface area contributed by atoms with Crippen LogP contribution >= 0.6 is 12.4 Å². The lowest BCUT2D eigenvalue weighted by Gasteiger charge is -2.32. The number of rotatable bonds is 4. The molecule has 0 bridgehead atoms. The molecule has 7 nitrogen and oxygen atoms in total. The Bertz CT molecular complexity index is 799. The summed E-state index contributed by atoms with van der Waals surface area (Å²) in [6.07, 6.45) is 2.55. The Balaban J connectivity index is 0.00000261. The van der Waals surface area contributed by atoms with Crippen molar-refractivity contribution in [3.05, 3.63) is 34.4 Å². The number of amides is 1. The molecule has 8 heteroatoms. The van der Waals surface area contributed by atoms with Crippen molar-refractivity contribution in [2.24, 2.45) is 0 Å². The van der Waals surface area contributed by atoms with E-state index in [1.54, 1.807) is 4.68 Å². The van der Waals surface area contributed by atoms with Gasteiger partial charge in [0.15, 0.2) is 0 Å². The van der Waals surface area contributed by atoms with Crippen LogP contribution in [0, 0.1) is 27.7 Å². The summed E-state index contributed by atoms with van der Waals surface area (Å²) in [5.41, 5.74) is 4.58. The highest BCUT2D eigenvalue weighted by Gasteiger charge is 2.25. The van der Waals surface area contributed by atoms with Gasteiger partial charge < -0.3 is 10.2 Å². The van der Waals surface area contributed by atoms with Crippen LogP contribution in [0.5, 0.6) is 0 Å². The molecule has 3 heterocycles. The number of nitrogens with zero attached hydrogens (tertiary/aromatic N) is 5. The molecule has 1 atom stereocenters. The van der Waals surface area contributed by atoms with Gasteiger partial charge in [0, 0.05) is 41.8 Å². The Kier molecular flexibility index (Phi) is 6.95. The number of likely N-dealkylation sites (tertiary alicyclic amines) is 1. The summed E-state index contributed by atoms with van der Waals surface area (Å²) in [4.78, 5) is 23.8. The molecular weight excluding hydrogens is 364 g/mol. The number of aryl methyl sites for hydroxylation is 3. The number of carbonyl (C=O) groups excluding carboxylic acids is 1. The van der Waals surface area contributed by atoms with Gasteiger partial charge in [-0.15, -0.1) is 12.4 Å². The minimum absolute atomic E-state index is 0. The van der Waals surface area contributed by atoms with Gasteiger partial charge in [-0.2, -0.15) is 5.10 Å². The zero-order valence-corrected chi connectivity index (χ0v) is 17.6. The zero-order chi connectivity index (χ0) is 18.8. The number of carbonyl (C=O) groups is 1. The zero-order valence-electron chi connectivity index (χ0n) is 16.7. The third-order valence-electron chi connectivity index (χ3n) is 5.11. The van der Waals surface area contributed by atoms with E-state index in [-0.39, 0.29) is 18.3 Å². The minimum Gasteiger partial charge on any atom is -0.341 e. The van der Waals surface area contributed by atoms with Gasteiger partial charge in [0.05, 0.1) is 12.1 Å². The lowest BCUT2D eigenvalue weighted by Crippen LogP contribution is -2.47. The van der Waals surface area contributed by atoms with Gasteiger partial charge in [-0.3, -0.25) is 4.79 Å². The molecule has 1 amide bonds. The first-order valence-corrected chi connectivity index (χ1v) is 9.22. The molecular formula is C19H29ClN6O. The molecule has 1 unspecified atom stereocenters. The molecule has 1 aliphatic heterocycles. The fourth-order valence-electron chi connectivity index (χ4n) is 3.63. The van der Waals surface area contributed by atoms with E-state index in [1.807, 2.05) is 45.7 Å². The molecule has 0 radical (unpaired) electrons. The van der Waals surface area contributed by atoms with Gasteiger partial charge in [0.1, 0.15) is 0 Å². The highest BCUT2D eigenvalue weighted by molar-refractivity contribution is 5.85. The second-order valence-electron chi connectivity index (χ2n) is 7.16. The largest absolute Gasteiger partial charge is 0.341 e. The molecule has 27 heavy (non-hydrogen) atoms. The lowest BCUT2D eigenvalue weighted by molar-refractivity contribution is -0.131. The van der Waals surface area contributed by atoms with E-state index in [1.165, 1.54) is 0 Å². The average molecular weight is 393 g/mol. The number of aromatic nitrogens is 4. The van der Waals surface area contributed by atoms with Crippen LogP contribution in [-0.4, -0.2) is 56.7 Å². The van der Waals surface area contributed by atoms with Crippen molar-refractivity contribution in [2.75, 3.05) is 20.1 Å². The van der Waals surface area contributed by atoms with Crippen LogP contribution in [0.15, 0.2) is 6.07 Å². The van der Waals surface area contributed by atoms with Crippen LogP contribution in [-0.2, 0) is 11.2 Å². The smallest absolute Gasteiger partial charge is 0.251 e. The van der Waals surface area contributed by atoms with Crippen LogP contribution in [0.4, 0.5) is 0 Å². The lowest BCUT2D eigenvalue weighted by atomic mass is 10.0. The van der Waals surface area contributed by atoms with E-state index in [0.717, 1.165) is 54.3 Å². The Morgan fingerprint density at radius 1 is 1.22 bits per heavy atom. The van der Waals surface area contributed by atoms with E-state index in [0.29, 0.717) is 18.4 Å². The highest BCUT2D eigenvalue weighted by atomic mass is 35.5. The molecule has 2 aromatic rings. The molecule has 3 rings (SSSR count). The summed E-state index contributed by atoms with van der Waals surface area (Å²) in [6.45, 7) is 9.44. The molecule has 0 aliphatic carbocycles. The summed E-state index contributed by atoms with van der Waals surface area (Å²) in [6, 6.07) is 2.33. The normalized spacial score (nSPS) is 16.9. The Hall–Kier alpha value is -1.99. The number of halogens is 1. The summed E-state index contributed by atoms with van der Waals surface area (Å²) in [7, 11) is 1.96. The fourth-order valence-corrected chi connectivity index (χ4v) is 3.63. The molecule has 0 aromatic carbocycles. The third-order valence-corrected chi connectivity index (χ3v) is 5.11. The molecule has 0 spiro atoms. The average Bonchev–Trinajstić information content (AvgIpc) is 2.89. The maximum Gasteiger partial charge on any atom is 0.251 e. The van der Waals surface area contributed by atoms with Crippen LogP contribution in [0.3, 0.4) is 0 Å². The van der Waals surface area contributed by atoms with Gasteiger partial charge in [-0.05, 0) is 53.7 Å². The van der Waals surface area contributed by atoms with E-state index < -0.39 is 0 Å². The molecule has 1 saturated heterocycles. The van der Waals surface area contributed by atoms with Crippen LogP contribution in [0.1, 0.15) is 41.2 Å². The molecule has 1 N–H and O–H groups in total. The second kappa shape index (κ2) is 8.80. The minimum atomic E-state index is 0. The van der Waals surface area contributed by atoms with Crippen LogP contribution in [0.25, 0.3) is 5.95 Å². The van der Waals surface area contributed by atoms with Gasteiger partial charge in [0.2, 0.25) is 5.91 Å². The Morgan fingerprint density at radius 2 is 1.89 bits per heavy atom. The van der Waals surface area contributed by atoms with Gasteiger partial charge in [0.25, 0.3) is 5.95 Å².